The first-order valence-electron chi connectivity index (χ1n) is 8.48. The number of aromatic nitrogens is 3. The lowest BCUT2D eigenvalue weighted by Gasteiger charge is -2.33. The summed E-state index contributed by atoms with van der Waals surface area (Å²) < 4.78 is 1.89. The molecule has 4 heterocycles. The Hall–Kier alpha value is -1.95. The van der Waals surface area contributed by atoms with Crippen LogP contribution in [0.4, 0.5) is 0 Å². The number of amides is 1. The second-order valence-electron chi connectivity index (χ2n) is 6.79. The summed E-state index contributed by atoms with van der Waals surface area (Å²) in [5.74, 6) is 0.950. The summed E-state index contributed by atoms with van der Waals surface area (Å²) in [4.78, 5) is 17.6. The van der Waals surface area contributed by atoms with Crippen LogP contribution in [0.5, 0.6) is 0 Å². The average Bonchev–Trinajstić information content (AvgIpc) is 3.26. The molecular weight excluding hydrogens is 290 g/mol. The molecule has 2 unspecified atom stereocenters. The molecular formula is C17H23N5O. The van der Waals surface area contributed by atoms with E-state index < -0.39 is 0 Å². The van der Waals surface area contributed by atoms with Gasteiger partial charge in [-0.25, -0.2) is 0 Å². The number of nitrogens with zero attached hydrogens (tertiary/aromatic N) is 5. The quantitative estimate of drug-likeness (QED) is 0.847. The minimum absolute atomic E-state index is 0.141. The minimum atomic E-state index is 0.141. The van der Waals surface area contributed by atoms with Crippen molar-refractivity contribution in [2.45, 2.75) is 44.7 Å². The van der Waals surface area contributed by atoms with Crippen molar-refractivity contribution in [3.8, 4) is 0 Å². The number of fused-ring (bicyclic) bond motifs is 1. The van der Waals surface area contributed by atoms with E-state index in [0.717, 1.165) is 43.0 Å². The van der Waals surface area contributed by atoms with Gasteiger partial charge in [0.1, 0.15) is 5.82 Å². The zero-order chi connectivity index (χ0) is 16.0. The van der Waals surface area contributed by atoms with E-state index in [0.29, 0.717) is 12.1 Å². The van der Waals surface area contributed by atoms with E-state index in [-0.39, 0.29) is 5.91 Å². The van der Waals surface area contributed by atoms with Gasteiger partial charge in [0.25, 0.3) is 5.91 Å². The van der Waals surface area contributed by atoms with Crippen LogP contribution in [-0.2, 0) is 0 Å². The monoisotopic (exact) mass is 313 g/mol. The zero-order valence-corrected chi connectivity index (χ0v) is 13.8. The maximum absolute atomic E-state index is 13.1. The van der Waals surface area contributed by atoms with Crippen molar-refractivity contribution in [2.24, 2.45) is 0 Å². The standard InChI is InChI=1S/C17H23N5O/c1-12-18-19-16-8-7-13(11-22(12)16)17(23)21-10-4-6-15(21)14-5-3-9-20(14)2/h7-8,11,14-15H,3-6,9-10H2,1-2H3. The smallest absolute Gasteiger partial charge is 0.255 e. The Labute approximate surface area is 136 Å². The lowest BCUT2D eigenvalue weighted by molar-refractivity contribution is 0.0664. The van der Waals surface area contributed by atoms with Gasteiger partial charge in [0.15, 0.2) is 5.65 Å². The fourth-order valence-corrected chi connectivity index (χ4v) is 4.16. The van der Waals surface area contributed by atoms with Crippen molar-refractivity contribution < 1.29 is 4.79 Å². The van der Waals surface area contributed by atoms with Crippen molar-refractivity contribution in [1.29, 1.82) is 0 Å². The number of rotatable bonds is 2. The van der Waals surface area contributed by atoms with Crippen molar-refractivity contribution in [1.82, 2.24) is 24.4 Å². The molecule has 2 fully saturated rings. The molecule has 6 nitrogen and oxygen atoms in total. The maximum atomic E-state index is 13.1. The topological polar surface area (TPSA) is 53.7 Å². The second kappa shape index (κ2) is 5.60. The van der Waals surface area contributed by atoms with Crippen molar-refractivity contribution in [3.05, 3.63) is 29.7 Å². The molecule has 1 amide bonds. The van der Waals surface area contributed by atoms with E-state index in [9.17, 15) is 4.79 Å². The molecule has 4 rings (SSSR count). The van der Waals surface area contributed by atoms with E-state index in [1.165, 1.54) is 12.8 Å². The summed E-state index contributed by atoms with van der Waals surface area (Å²) in [6, 6.07) is 4.62. The van der Waals surface area contributed by atoms with Crippen LogP contribution in [0.2, 0.25) is 0 Å². The van der Waals surface area contributed by atoms with Crippen molar-refractivity contribution >= 4 is 11.6 Å². The molecule has 0 aromatic carbocycles. The first-order chi connectivity index (χ1) is 11.1. The number of hydrogen-bond donors (Lipinski definition) is 0. The van der Waals surface area contributed by atoms with Gasteiger partial charge < -0.3 is 9.80 Å². The van der Waals surface area contributed by atoms with Gasteiger partial charge in [0, 0.05) is 24.8 Å². The fraction of sp³-hybridized carbons (Fsp3) is 0.588. The van der Waals surface area contributed by atoms with Crippen LogP contribution in [0.25, 0.3) is 5.65 Å². The van der Waals surface area contributed by atoms with Crippen LogP contribution in [-0.4, -0.2) is 62.5 Å². The third-order valence-corrected chi connectivity index (χ3v) is 5.40. The third kappa shape index (κ3) is 2.41. The third-order valence-electron chi connectivity index (χ3n) is 5.40. The van der Waals surface area contributed by atoms with Gasteiger partial charge in [-0.1, -0.05) is 0 Å². The molecule has 0 aliphatic carbocycles. The predicted octanol–water partition coefficient (Wildman–Crippen LogP) is 1.74. The Kier molecular flexibility index (Phi) is 3.56. The van der Waals surface area contributed by atoms with Crippen LogP contribution in [0.1, 0.15) is 41.9 Å². The van der Waals surface area contributed by atoms with Gasteiger partial charge in [-0.2, -0.15) is 0 Å². The minimum Gasteiger partial charge on any atom is -0.334 e. The van der Waals surface area contributed by atoms with Gasteiger partial charge in [-0.15, -0.1) is 10.2 Å². The van der Waals surface area contributed by atoms with Gasteiger partial charge in [-0.3, -0.25) is 9.20 Å². The molecule has 23 heavy (non-hydrogen) atoms. The van der Waals surface area contributed by atoms with E-state index >= 15 is 0 Å². The number of hydrogen-bond acceptors (Lipinski definition) is 4. The zero-order valence-electron chi connectivity index (χ0n) is 13.8. The molecule has 2 aliphatic rings. The molecule has 0 saturated carbocycles. The number of likely N-dealkylation sites (tertiary alicyclic amines) is 2. The highest BCUT2D eigenvalue weighted by Crippen LogP contribution is 2.30. The van der Waals surface area contributed by atoms with E-state index in [4.69, 9.17) is 0 Å². The highest BCUT2D eigenvalue weighted by Gasteiger charge is 2.38. The Balaban J connectivity index is 1.62. The fourth-order valence-electron chi connectivity index (χ4n) is 4.16. The molecule has 2 saturated heterocycles. The number of likely N-dealkylation sites (N-methyl/N-ethyl adjacent to an activating group) is 1. The van der Waals surface area contributed by atoms with Gasteiger partial charge >= 0.3 is 0 Å². The average molecular weight is 313 g/mol. The van der Waals surface area contributed by atoms with Crippen LogP contribution >= 0.6 is 0 Å². The predicted molar refractivity (Wildman–Crippen MR) is 87.4 cm³/mol. The molecule has 6 heteroatoms. The molecule has 0 spiro atoms. The largest absolute Gasteiger partial charge is 0.334 e. The summed E-state index contributed by atoms with van der Waals surface area (Å²) in [5, 5.41) is 8.15. The number of pyridine rings is 1. The summed E-state index contributed by atoms with van der Waals surface area (Å²) in [7, 11) is 2.19. The Morgan fingerprint density at radius 2 is 1.91 bits per heavy atom. The van der Waals surface area contributed by atoms with E-state index in [1.54, 1.807) is 0 Å². The van der Waals surface area contributed by atoms with E-state index in [2.05, 4.69) is 27.0 Å². The highest BCUT2D eigenvalue weighted by atomic mass is 16.2. The molecule has 2 atom stereocenters. The Morgan fingerprint density at radius 3 is 2.70 bits per heavy atom. The molecule has 0 N–H and O–H groups in total. The first-order valence-corrected chi connectivity index (χ1v) is 8.48. The molecule has 2 aromatic rings. The SMILES string of the molecule is Cc1nnc2ccc(C(=O)N3CCCC3C3CCCN3C)cn12. The number of carbonyl (C=O) groups excluding carboxylic acids is 1. The van der Waals surface area contributed by atoms with Crippen LogP contribution in [0.3, 0.4) is 0 Å². The number of carbonyl (C=O) groups is 1. The first kappa shape index (κ1) is 14.6. The Morgan fingerprint density at radius 1 is 1.13 bits per heavy atom. The molecule has 2 aromatic heterocycles. The van der Waals surface area contributed by atoms with Crippen LogP contribution in [0.15, 0.2) is 18.3 Å². The van der Waals surface area contributed by atoms with Crippen LogP contribution < -0.4 is 0 Å². The molecule has 2 aliphatic heterocycles. The van der Waals surface area contributed by atoms with Crippen LogP contribution in [0, 0.1) is 6.92 Å². The molecule has 0 radical (unpaired) electrons. The second-order valence-corrected chi connectivity index (χ2v) is 6.79. The summed E-state index contributed by atoms with van der Waals surface area (Å²) in [5.41, 5.74) is 1.51. The lowest BCUT2D eigenvalue weighted by atomic mass is 10.0. The summed E-state index contributed by atoms with van der Waals surface area (Å²) >= 11 is 0. The van der Waals surface area contributed by atoms with Crippen molar-refractivity contribution in [3.63, 3.8) is 0 Å². The lowest BCUT2D eigenvalue weighted by Crippen LogP contribution is -2.47. The number of aryl methyl sites for hydroxylation is 1. The molecule has 122 valence electrons. The highest BCUT2D eigenvalue weighted by molar-refractivity contribution is 5.94. The maximum Gasteiger partial charge on any atom is 0.255 e. The van der Waals surface area contributed by atoms with Gasteiger partial charge in [0.05, 0.1) is 5.56 Å². The molecule has 0 bridgehead atoms. The summed E-state index contributed by atoms with van der Waals surface area (Å²) in [6.07, 6.45) is 6.55. The van der Waals surface area contributed by atoms with Gasteiger partial charge in [-0.05, 0) is 58.3 Å². The van der Waals surface area contributed by atoms with Crippen molar-refractivity contribution in [2.75, 3.05) is 20.1 Å². The van der Waals surface area contributed by atoms with E-state index in [1.807, 2.05) is 29.7 Å². The normalized spacial score (nSPS) is 25.6. The summed E-state index contributed by atoms with van der Waals surface area (Å²) in [6.45, 7) is 3.92. The Bertz CT molecular complexity index is 740. The van der Waals surface area contributed by atoms with Gasteiger partial charge in [0.2, 0.25) is 0 Å².